The minimum atomic E-state index is 0.0413. The van der Waals surface area contributed by atoms with Gasteiger partial charge in [-0.3, -0.25) is 4.79 Å². The van der Waals surface area contributed by atoms with E-state index in [1.807, 2.05) is 19.2 Å². The molecule has 0 saturated heterocycles. The quantitative estimate of drug-likeness (QED) is 0.822. The van der Waals surface area contributed by atoms with E-state index in [0.29, 0.717) is 13.1 Å². The van der Waals surface area contributed by atoms with E-state index in [1.54, 1.807) is 6.26 Å². The predicted molar refractivity (Wildman–Crippen MR) is 88.0 cm³/mol. The van der Waals surface area contributed by atoms with Gasteiger partial charge in [-0.05, 0) is 36.1 Å². The zero-order valence-electron chi connectivity index (χ0n) is 13.6. The Hall–Kier alpha value is -2.07. The maximum Gasteiger partial charge on any atom is 0.279 e. The molecule has 2 rings (SSSR count). The molecule has 0 bridgehead atoms. The van der Waals surface area contributed by atoms with Crippen molar-refractivity contribution in [1.29, 1.82) is 0 Å². The number of aryl methyl sites for hydroxylation is 2. The smallest absolute Gasteiger partial charge is 0.279 e. The third-order valence-electron chi connectivity index (χ3n) is 3.78. The summed E-state index contributed by atoms with van der Waals surface area (Å²) >= 11 is 0. The number of furan rings is 1. The van der Waals surface area contributed by atoms with Gasteiger partial charge >= 0.3 is 0 Å². The van der Waals surface area contributed by atoms with Gasteiger partial charge in [0.2, 0.25) is 0 Å². The van der Waals surface area contributed by atoms with Crippen LogP contribution in [0.5, 0.6) is 0 Å². The van der Waals surface area contributed by atoms with E-state index in [-0.39, 0.29) is 5.91 Å². The van der Waals surface area contributed by atoms with Gasteiger partial charge in [0, 0.05) is 5.69 Å². The van der Waals surface area contributed by atoms with Crippen molar-refractivity contribution in [2.24, 2.45) is 0 Å². The predicted octanol–water partition coefficient (Wildman–Crippen LogP) is 2.06. The Labute approximate surface area is 132 Å². The summed E-state index contributed by atoms with van der Waals surface area (Å²) < 4.78 is 5.32. The molecule has 0 aliphatic carbocycles. The highest BCUT2D eigenvalue weighted by molar-refractivity contribution is 5.93. The van der Waals surface area contributed by atoms with Crippen LogP contribution in [0.3, 0.4) is 0 Å². The van der Waals surface area contributed by atoms with E-state index in [2.05, 4.69) is 37.4 Å². The number of likely N-dealkylation sites (N-methyl/N-ethyl adjacent to an activating group) is 1. The molecule has 2 N–H and O–H groups in total. The number of rotatable bonds is 7. The lowest BCUT2D eigenvalue weighted by Gasteiger charge is -2.16. The first-order valence-electron chi connectivity index (χ1n) is 7.88. The van der Waals surface area contributed by atoms with Crippen LogP contribution < -0.4 is 10.2 Å². The summed E-state index contributed by atoms with van der Waals surface area (Å²) in [6, 6.07) is 10.0. The number of carbonyl (C=O) groups is 1. The number of benzene rings is 1. The maximum atomic E-state index is 12.3. The molecule has 2 aromatic rings. The summed E-state index contributed by atoms with van der Waals surface area (Å²) in [4.78, 5) is 13.4. The number of hydrogen-bond acceptors (Lipinski definition) is 2. The fraction of sp³-hybridized carbons (Fsp3) is 0.389. The average molecular weight is 301 g/mol. The topological polar surface area (TPSA) is 46.7 Å². The van der Waals surface area contributed by atoms with Crippen LogP contribution in [-0.2, 0) is 24.2 Å². The molecule has 1 unspecified atom stereocenters. The summed E-state index contributed by atoms with van der Waals surface area (Å²) in [6.45, 7) is 5.34. The highest BCUT2D eigenvalue weighted by atomic mass is 16.3. The molecule has 0 saturated carbocycles. The fourth-order valence-corrected chi connectivity index (χ4v) is 2.63. The molecule has 1 atom stereocenters. The molecule has 0 fully saturated rings. The van der Waals surface area contributed by atoms with E-state index in [9.17, 15) is 4.79 Å². The minimum Gasteiger partial charge on any atom is -0.463 e. The Morgan fingerprint density at radius 3 is 2.36 bits per heavy atom. The van der Waals surface area contributed by atoms with Crippen molar-refractivity contribution in [2.45, 2.75) is 33.2 Å². The molecule has 1 aromatic heterocycles. The van der Waals surface area contributed by atoms with Gasteiger partial charge in [0.05, 0.1) is 13.3 Å². The Kier molecular flexibility index (Phi) is 5.78. The molecule has 0 aliphatic rings. The number of quaternary nitrogens is 1. The SMILES string of the molecule is CCc1cccc(CC)c1NC(=O)C[NH+](C)Cc1ccco1. The largest absolute Gasteiger partial charge is 0.463 e. The molecule has 22 heavy (non-hydrogen) atoms. The second-order valence-electron chi connectivity index (χ2n) is 5.60. The summed E-state index contributed by atoms with van der Waals surface area (Å²) in [6.07, 6.45) is 3.49. The van der Waals surface area contributed by atoms with Crippen molar-refractivity contribution < 1.29 is 14.1 Å². The van der Waals surface area contributed by atoms with Gasteiger partial charge in [-0.2, -0.15) is 0 Å². The molecule has 1 amide bonds. The third-order valence-corrected chi connectivity index (χ3v) is 3.78. The lowest BCUT2D eigenvalue weighted by Crippen LogP contribution is -3.08. The van der Waals surface area contributed by atoms with Crippen molar-refractivity contribution >= 4 is 11.6 Å². The summed E-state index contributed by atoms with van der Waals surface area (Å²) in [5.74, 6) is 0.938. The molecule has 0 radical (unpaired) electrons. The summed E-state index contributed by atoms with van der Waals surface area (Å²) in [5, 5.41) is 3.10. The zero-order valence-corrected chi connectivity index (χ0v) is 13.6. The molecule has 0 aliphatic heterocycles. The van der Waals surface area contributed by atoms with Crippen LogP contribution in [0.1, 0.15) is 30.7 Å². The van der Waals surface area contributed by atoms with E-state index in [1.165, 1.54) is 11.1 Å². The number of carbonyl (C=O) groups excluding carboxylic acids is 1. The molecule has 118 valence electrons. The van der Waals surface area contributed by atoms with Crippen LogP contribution in [0.25, 0.3) is 0 Å². The Morgan fingerprint density at radius 1 is 1.14 bits per heavy atom. The van der Waals surface area contributed by atoms with E-state index in [4.69, 9.17) is 4.42 Å². The number of amides is 1. The molecule has 1 heterocycles. The van der Waals surface area contributed by atoms with Crippen molar-refractivity contribution in [3.63, 3.8) is 0 Å². The molecule has 1 aromatic carbocycles. The Balaban J connectivity index is 1.99. The monoisotopic (exact) mass is 301 g/mol. The van der Waals surface area contributed by atoms with Crippen LogP contribution in [0, 0.1) is 0 Å². The van der Waals surface area contributed by atoms with Gasteiger partial charge in [-0.15, -0.1) is 0 Å². The number of anilines is 1. The standard InChI is InChI=1S/C18H24N2O2/c1-4-14-8-6-9-15(5-2)18(14)19-17(21)13-20(3)12-16-10-7-11-22-16/h6-11H,4-5,12-13H2,1-3H3,(H,19,21)/p+1. The van der Waals surface area contributed by atoms with Crippen LogP contribution in [0.4, 0.5) is 5.69 Å². The zero-order chi connectivity index (χ0) is 15.9. The first-order chi connectivity index (χ1) is 10.6. The lowest BCUT2D eigenvalue weighted by molar-refractivity contribution is -0.886. The molecular weight excluding hydrogens is 276 g/mol. The van der Waals surface area contributed by atoms with Crippen LogP contribution in [-0.4, -0.2) is 19.5 Å². The fourth-order valence-electron chi connectivity index (χ4n) is 2.63. The second-order valence-corrected chi connectivity index (χ2v) is 5.60. The maximum absolute atomic E-state index is 12.3. The third kappa shape index (κ3) is 4.21. The van der Waals surface area contributed by atoms with Gasteiger partial charge < -0.3 is 14.6 Å². The van der Waals surface area contributed by atoms with E-state index < -0.39 is 0 Å². The molecular formula is C18H25N2O2+. The second kappa shape index (κ2) is 7.80. The van der Waals surface area contributed by atoms with Crippen molar-refractivity contribution in [1.82, 2.24) is 0 Å². The summed E-state index contributed by atoms with van der Waals surface area (Å²) in [7, 11) is 1.99. The van der Waals surface area contributed by atoms with Gasteiger partial charge in [-0.1, -0.05) is 32.0 Å². The Morgan fingerprint density at radius 2 is 1.82 bits per heavy atom. The van der Waals surface area contributed by atoms with E-state index >= 15 is 0 Å². The van der Waals surface area contributed by atoms with Crippen LogP contribution in [0.2, 0.25) is 0 Å². The van der Waals surface area contributed by atoms with Gasteiger partial charge in [0.15, 0.2) is 12.3 Å². The molecule has 0 spiro atoms. The summed E-state index contributed by atoms with van der Waals surface area (Å²) in [5.41, 5.74) is 3.37. The van der Waals surface area contributed by atoms with Crippen molar-refractivity contribution in [3.8, 4) is 0 Å². The number of nitrogens with one attached hydrogen (secondary N) is 2. The van der Waals surface area contributed by atoms with Crippen LogP contribution >= 0.6 is 0 Å². The van der Waals surface area contributed by atoms with Crippen molar-refractivity contribution in [2.75, 3.05) is 18.9 Å². The van der Waals surface area contributed by atoms with Gasteiger partial charge in [-0.25, -0.2) is 0 Å². The Bertz CT molecular complexity index is 583. The van der Waals surface area contributed by atoms with Crippen LogP contribution in [0.15, 0.2) is 41.0 Å². The number of hydrogen-bond donors (Lipinski definition) is 2. The number of para-hydroxylation sites is 1. The van der Waals surface area contributed by atoms with Gasteiger partial charge in [0.1, 0.15) is 6.54 Å². The van der Waals surface area contributed by atoms with Crippen molar-refractivity contribution in [3.05, 3.63) is 53.5 Å². The average Bonchev–Trinajstić information content (AvgIpc) is 2.99. The van der Waals surface area contributed by atoms with Gasteiger partial charge in [0.25, 0.3) is 5.91 Å². The first kappa shape index (κ1) is 16.3. The highest BCUT2D eigenvalue weighted by Gasteiger charge is 2.15. The highest BCUT2D eigenvalue weighted by Crippen LogP contribution is 2.22. The molecule has 4 heteroatoms. The van der Waals surface area contributed by atoms with E-state index in [0.717, 1.165) is 29.2 Å². The first-order valence-corrected chi connectivity index (χ1v) is 7.88. The minimum absolute atomic E-state index is 0.0413. The lowest BCUT2D eigenvalue weighted by atomic mass is 10.0. The molecule has 4 nitrogen and oxygen atoms in total. The normalized spacial score (nSPS) is 12.1.